The Balaban J connectivity index is 1.50. The van der Waals surface area contributed by atoms with Gasteiger partial charge in [0.1, 0.15) is 6.61 Å². The van der Waals surface area contributed by atoms with Gasteiger partial charge in [-0.2, -0.15) is 0 Å². The highest BCUT2D eigenvalue weighted by atomic mass is 32.2. The number of carbonyl (C=O) groups is 2. The monoisotopic (exact) mass is 401 g/mol. The number of allylic oxidation sites excluding steroid dienone is 2. The van der Waals surface area contributed by atoms with Crippen LogP contribution in [0.3, 0.4) is 0 Å². The van der Waals surface area contributed by atoms with Crippen molar-refractivity contribution in [2.75, 3.05) is 12.3 Å². The highest BCUT2D eigenvalue weighted by molar-refractivity contribution is 8.01. The molecular weight excluding hydrogens is 370 g/mol. The minimum Gasteiger partial charge on any atom is -0.461 e. The topological polar surface area (TPSA) is 46.6 Å². The molecule has 1 heterocycles. The van der Waals surface area contributed by atoms with Gasteiger partial charge in [0.25, 0.3) is 0 Å². The second-order valence-electron chi connectivity index (χ2n) is 8.17. The molecule has 2 aliphatic rings. The molecule has 1 amide bonds. The Bertz CT molecular complexity index is 704. The lowest BCUT2D eigenvalue weighted by Gasteiger charge is -2.41. The van der Waals surface area contributed by atoms with Gasteiger partial charge in [-0.1, -0.05) is 55.8 Å². The molecule has 0 aromatic heterocycles. The van der Waals surface area contributed by atoms with Crippen molar-refractivity contribution in [1.82, 2.24) is 4.90 Å². The number of ether oxygens (including phenoxy) is 1. The number of esters is 1. The minimum absolute atomic E-state index is 0.119. The third-order valence-electron chi connectivity index (χ3n) is 5.59. The summed E-state index contributed by atoms with van der Waals surface area (Å²) in [5.74, 6) is 1.14. The van der Waals surface area contributed by atoms with Gasteiger partial charge in [-0.3, -0.25) is 9.59 Å². The first-order chi connectivity index (χ1) is 13.5. The highest BCUT2D eigenvalue weighted by Gasteiger charge is 2.47. The van der Waals surface area contributed by atoms with E-state index in [4.69, 9.17) is 4.74 Å². The molecule has 1 spiro atoms. The molecule has 1 saturated heterocycles. The number of hydrogen-bond acceptors (Lipinski definition) is 4. The molecule has 28 heavy (non-hydrogen) atoms. The summed E-state index contributed by atoms with van der Waals surface area (Å²) in [7, 11) is 0. The average Bonchev–Trinajstić information content (AvgIpc) is 3.00. The molecule has 0 atom stereocenters. The third kappa shape index (κ3) is 5.40. The Morgan fingerprint density at radius 2 is 1.96 bits per heavy atom. The molecule has 2 fully saturated rings. The summed E-state index contributed by atoms with van der Waals surface area (Å²) in [6, 6.07) is 9.68. The van der Waals surface area contributed by atoms with Gasteiger partial charge >= 0.3 is 5.97 Å². The Labute approximate surface area is 172 Å². The summed E-state index contributed by atoms with van der Waals surface area (Å²) in [6.07, 6.45) is 7.88. The van der Waals surface area contributed by atoms with Crippen LogP contribution in [0.25, 0.3) is 0 Å². The number of hydrogen-bond donors (Lipinski definition) is 0. The Morgan fingerprint density at radius 1 is 1.25 bits per heavy atom. The van der Waals surface area contributed by atoms with Gasteiger partial charge in [0.05, 0.1) is 17.0 Å². The molecule has 0 N–H and O–H groups in total. The molecule has 1 aliphatic heterocycles. The Morgan fingerprint density at radius 3 is 2.64 bits per heavy atom. The quantitative estimate of drug-likeness (QED) is 0.480. The summed E-state index contributed by atoms with van der Waals surface area (Å²) in [6.45, 7) is 5.24. The Kier molecular flexibility index (Phi) is 7.22. The van der Waals surface area contributed by atoms with E-state index < -0.39 is 0 Å². The van der Waals surface area contributed by atoms with Crippen molar-refractivity contribution in [3.05, 3.63) is 47.5 Å². The van der Waals surface area contributed by atoms with Crippen LogP contribution >= 0.6 is 11.8 Å². The van der Waals surface area contributed by atoms with Gasteiger partial charge < -0.3 is 9.64 Å². The zero-order valence-electron chi connectivity index (χ0n) is 17.0. The molecule has 1 aromatic carbocycles. The first-order valence-electron chi connectivity index (χ1n) is 10.3. The fraction of sp³-hybridized carbons (Fsp3) is 0.565. The van der Waals surface area contributed by atoms with Gasteiger partial charge in [-0.25, -0.2) is 0 Å². The fourth-order valence-corrected chi connectivity index (χ4v) is 5.29. The molecule has 1 aliphatic carbocycles. The van der Waals surface area contributed by atoms with Gasteiger partial charge in [-0.15, -0.1) is 11.8 Å². The Hall–Kier alpha value is -1.75. The second-order valence-corrected chi connectivity index (χ2v) is 9.51. The molecule has 152 valence electrons. The maximum absolute atomic E-state index is 12.5. The van der Waals surface area contributed by atoms with Crippen LogP contribution < -0.4 is 0 Å². The maximum atomic E-state index is 12.5. The number of thioether (sulfide) groups is 1. The summed E-state index contributed by atoms with van der Waals surface area (Å²) >= 11 is 1.77. The number of benzene rings is 1. The molecule has 1 saturated carbocycles. The van der Waals surface area contributed by atoms with E-state index in [0.29, 0.717) is 18.2 Å². The van der Waals surface area contributed by atoms with E-state index in [9.17, 15) is 9.59 Å². The van der Waals surface area contributed by atoms with E-state index in [1.807, 2.05) is 35.2 Å². The van der Waals surface area contributed by atoms with Gasteiger partial charge in [0, 0.05) is 6.54 Å². The van der Waals surface area contributed by atoms with Crippen molar-refractivity contribution in [3.63, 3.8) is 0 Å². The van der Waals surface area contributed by atoms with Crippen molar-refractivity contribution in [3.8, 4) is 0 Å². The normalized spacial score (nSPS) is 22.2. The molecule has 1 aromatic rings. The van der Waals surface area contributed by atoms with Crippen molar-refractivity contribution >= 4 is 23.6 Å². The SMILES string of the molecule is CC(C)CC=C1CCC2(CC1)SCC(=O)N2CCC(=O)OCc1ccccc1. The first-order valence-corrected chi connectivity index (χ1v) is 11.3. The van der Waals surface area contributed by atoms with Crippen molar-refractivity contribution in [1.29, 1.82) is 0 Å². The highest BCUT2D eigenvalue weighted by Crippen LogP contribution is 2.48. The molecule has 0 bridgehead atoms. The van der Waals surface area contributed by atoms with E-state index in [2.05, 4.69) is 19.9 Å². The van der Waals surface area contributed by atoms with E-state index in [-0.39, 0.29) is 29.8 Å². The van der Waals surface area contributed by atoms with E-state index in [1.54, 1.807) is 11.8 Å². The summed E-state index contributed by atoms with van der Waals surface area (Å²) in [5.41, 5.74) is 2.51. The lowest BCUT2D eigenvalue weighted by Crippen LogP contribution is -2.46. The molecule has 4 nitrogen and oxygen atoms in total. The first kappa shape index (κ1) is 21.0. The largest absolute Gasteiger partial charge is 0.461 e. The smallest absolute Gasteiger partial charge is 0.307 e. The zero-order chi connectivity index (χ0) is 20.0. The van der Waals surface area contributed by atoms with Gasteiger partial charge in [0.15, 0.2) is 0 Å². The number of amides is 1. The molecular formula is C23H31NO3S. The zero-order valence-corrected chi connectivity index (χ0v) is 17.8. The summed E-state index contributed by atoms with van der Waals surface area (Å²) in [5, 5.41) is 0. The number of rotatable bonds is 7. The van der Waals surface area contributed by atoms with Crippen LogP contribution in [-0.2, 0) is 20.9 Å². The average molecular weight is 402 g/mol. The molecule has 0 unspecified atom stereocenters. The predicted octanol–water partition coefficient (Wildman–Crippen LogP) is 4.94. The lowest BCUT2D eigenvalue weighted by molar-refractivity contribution is -0.146. The van der Waals surface area contributed by atoms with Crippen LogP contribution in [0.5, 0.6) is 0 Å². The van der Waals surface area contributed by atoms with Crippen LogP contribution in [0.1, 0.15) is 57.9 Å². The number of carbonyl (C=O) groups excluding carboxylic acids is 2. The van der Waals surface area contributed by atoms with Gasteiger partial charge in [-0.05, 0) is 43.6 Å². The standard InChI is InChI=1S/C23H31NO3S/c1-18(2)8-9-19-10-13-23(14-11-19)24(21(25)17-28-23)15-12-22(26)27-16-20-6-4-3-5-7-20/h3-7,9,18H,8,10-17H2,1-2H3. The van der Waals surface area contributed by atoms with E-state index in [0.717, 1.165) is 37.7 Å². The van der Waals surface area contributed by atoms with Crippen LogP contribution in [0, 0.1) is 5.92 Å². The van der Waals surface area contributed by atoms with Crippen molar-refractivity contribution in [2.45, 2.75) is 63.9 Å². The predicted molar refractivity (Wildman–Crippen MR) is 114 cm³/mol. The second kappa shape index (κ2) is 9.64. The molecule has 5 heteroatoms. The number of nitrogens with zero attached hydrogens (tertiary/aromatic N) is 1. The third-order valence-corrected chi connectivity index (χ3v) is 7.15. The van der Waals surface area contributed by atoms with Gasteiger partial charge in [0.2, 0.25) is 5.91 Å². The molecule has 0 radical (unpaired) electrons. The molecule has 3 rings (SSSR count). The lowest BCUT2D eigenvalue weighted by atomic mass is 9.88. The maximum Gasteiger partial charge on any atom is 0.307 e. The fourth-order valence-electron chi connectivity index (χ4n) is 3.90. The van der Waals surface area contributed by atoms with Crippen LogP contribution in [0.15, 0.2) is 42.0 Å². The van der Waals surface area contributed by atoms with Crippen LogP contribution in [0.4, 0.5) is 0 Å². The van der Waals surface area contributed by atoms with Crippen molar-refractivity contribution in [2.24, 2.45) is 5.92 Å². The van der Waals surface area contributed by atoms with Crippen LogP contribution in [-0.4, -0.2) is 33.9 Å². The summed E-state index contributed by atoms with van der Waals surface area (Å²) in [4.78, 5) is 26.5. The summed E-state index contributed by atoms with van der Waals surface area (Å²) < 4.78 is 5.38. The van der Waals surface area contributed by atoms with E-state index in [1.165, 1.54) is 5.57 Å². The minimum atomic E-state index is -0.239. The van der Waals surface area contributed by atoms with Crippen LogP contribution in [0.2, 0.25) is 0 Å². The van der Waals surface area contributed by atoms with Crippen molar-refractivity contribution < 1.29 is 14.3 Å². The van der Waals surface area contributed by atoms with E-state index >= 15 is 0 Å².